The maximum absolute atomic E-state index is 13.5. The van der Waals surface area contributed by atoms with Crippen molar-refractivity contribution in [2.24, 2.45) is 0 Å². The van der Waals surface area contributed by atoms with Gasteiger partial charge in [-0.1, -0.05) is 60.7 Å². The van der Waals surface area contributed by atoms with E-state index in [1.165, 1.54) is 55.6 Å². The molecule has 0 heterocycles. The van der Waals surface area contributed by atoms with E-state index in [9.17, 15) is 34.8 Å². The molecule has 0 fully saturated rings. The molecule has 0 aliphatic rings. The molecule has 4 aromatic rings. The molecule has 4 rings (SSSR count). The van der Waals surface area contributed by atoms with Crippen LogP contribution in [0.5, 0.6) is 17.2 Å². The third-order valence-electron chi connectivity index (χ3n) is 6.50. The highest BCUT2D eigenvalue weighted by Crippen LogP contribution is 2.40. The van der Waals surface area contributed by atoms with Gasteiger partial charge in [0.15, 0.2) is 0 Å². The van der Waals surface area contributed by atoms with Gasteiger partial charge in [-0.05, 0) is 59.5 Å². The number of sulfonamides is 1. The SMILES string of the molecule is COc1cccc(S(=O)(=O)NCC(Cc2ccccc2)(c2cccc(OC(F)(F)F)c2)c2cccc(OC(F)(F)F)c2)c1. The summed E-state index contributed by atoms with van der Waals surface area (Å²) in [6, 6.07) is 23.9. The Morgan fingerprint density at radius 1 is 0.651 bits per heavy atom. The summed E-state index contributed by atoms with van der Waals surface area (Å²) in [5.74, 6) is -0.936. The second-order valence-corrected chi connectivity index (χ2v) is 11.2. The zero-order chi connectivity index (χ0) is 31.3. The summed E-state index contributed by atoms with van der Waals surface area (Å²) >= 11 is 0. The van der Waals surface area contributed by atoms with Crippen LogP contribution in [0.1, 0.15) is 16.7 Å². The van der Waals surface area contributed by atoms with E-state index in [4.69, 9.17) is 4.74 Å². The number of hydrogen-bond acceptors (Lipinski definition) is 5. The fourth-order valence-electron chi connectivity index (χ4n) is 4.63. The largest absolute Gasteiger partial charge is 0.573 e. The fraction of sp³-hybridized carbons (Fsp3) is 0.200. The molecular formula is C30H25F6NO5S. The lowest BCUT2D eigenvalue weighted by Gasteiger charge is -2.36. The predicted molar refractivity (Wildman–Crippen MR) is 145 cm³/mol. The van der Waals surface area contributed by atoms with Crippen LogP contribution in [0.3, 0.4) is 0 Å². The third-order valence-corrected chi connectivity index (χ3v) is 7.90. The maximum Gasteiger partial charge on any atom is 0.573 e. The Morgan fingerprint density at radius 2 is 1.16 bits per heavy atom. The van der Waals surface area contributed by atoms with E-state index in [-0.39, 0.29) is 28.2 Å². The highest BCUT2D eigenvalue weighted by atomic mass is 32.2. The molecule has 0 amide bonds. The van der Waals surface area contributed by atoms with Crippen LogP contribution in [-0.2, 0) is 21.9 Å². The molecule has 0 atom stereocenters. The van der Waals surface area contributed by atoms with Gasteiger partial charge in [-0.3, -0.25) is 0 Å². The number of ether oxygens (including phenoxy) is 3. The zero-order valence-corrected chi connectivity index (χ0v) is 23.3. The van der Waals surface area contributed by atoms with Crippen LogP contribution in [-0.4, -0.2) is 34.8 Å². The van der Waals surface area contributed by atoms with Gasteiger partial charge < -0.3 is 14.2 Å². The van der Waals surface area contributed by atoms with E-state index in [0.29, 0.717) is 5.56 Å². The van der Waals surface area contributed by atoms with Crippen molar-refractivity contribution in [2.45, 2.75) is 29.5 Å². The molecule has 0 saturated heterocycles. The first-order chi connectivity index (χ1) is 20.2. The van der Waals surface area contributed by atoms with Gasteiger partial charge in [-0.15, -0.1) is 26.3 Å². The van der Waals surface area contributed by atoms with Gasteiger partial charge in [0, 0.05) is 18.0 Å². The summed E-state index contributed by atoms with van der Waals surface area (Å²) in [6.45, 7) is -0.480. The second-order valence-electron chi connectivity index (χ2n) is 9.40. The average molecular weight is 626 g/mol. The van der Waals surface area contributed by atoms with Crippen LogP contribution in [0.15, 0.2) is 108 Å². The van der Waals surface area contributed by atoms with Gasteiger partial charge >= 0.3 is 12.7 Å². The Morgan fingerprint density at radius 3 is 1.67 bits per heavy atom. The Kier molecular flexibility index (Phi) is 9.26. The lowest BCUT2D eigenvalue weighted by Crippen LogP contribution is -2.43. The van der Waals surface area contributed by atoms with Crippen molar-refractivity contribution in [2.75, 3.05) is 13.7 Å². The molecule has 0 aromatic heterocycles. The van der Waals surface area contributed by atoms with Gasteiger partial charge in [-0.25, -0.2) is 13.1 Å². The molecule has 13 heteroatoms. The number of hydrogen-bond donors (Lipinski definition) is 1. The van der Waals surface area contributed by atoms with E-state index in [0.717, 1.165) is 24.3 Å². The topological polar surface area (TPSA) is 73.9 Å². The van der Waals surface area contributed by atoms with Gasteiger partial charge in [-0.2, -0.15) is 0 Å². The molecule has 0 unspecified atom stereocenters. The van der Waals surface area contributed by atoms with E-state index in [1.54, 1.807) is 30.3 Å². The maximum atomic E-state index is 13.5. The molecule has 0 bridgehead atoms. The highest BCUT2D eigenvalue weighted by molar-refractivity contribution is 7.89. The number of halogens is 6. The van der Waals surface area contributed by atoms with Crippen molar-refractivity contribution < 1.29 is 49.0 Å². The summed E-state index contributed by atoms with van der Waals surface area (Å²) in [6.07, 6.45) is -10.1. The van der Waals surface area contributed by atoms with Crippen LogP contribution >= 0.6 is 0 Å². The average Bonchev–Trinajstić information content (AvgIpc) is 2.94. The summed E-state index contributed by atoms with van der Waals surface area (Å²) in [4.78, 5) is -0.163. The standard InChI is InChI=1S/C30H25F6NO5S/c1-40-24-12-7-15-27(18-24)43(38,39)37-20-28(19-21-8-3-2-4-9-21,22-10-5-13-25(16-22)41-29(31,32)33)23-11-6-14-26(17-23)42-30(34,35)36/h2-18,37H,19-20H2,1H3. The molecule has 0 saturated carbocycles. The third kappa shape index (κ3) is 8.42. The Balaban J connectivity index is 1.91. The number of rotatable bonds is 11. The van der Waals surface area contributed by atoms with Gasteiger partial charge in [0.25, 0.3) is 0 Å². The van der Waals surface area contributed by atoms with Crippen molar-refractivity contribution in [3.05, 3.63) is 120 Å². The number of alkyl halides is 6. The van der Waals surface area contributed by atoms with Crippen LogP contribution in [0.2, 0.25) is 0 Å². The number of methoxy groups -OCH3 is 1. The Hall–Kier alpha value is -4.23. The monoisotopic (exact) mass is 625 g/mol. The number of benzene rings is 4. The molecule has 4 aromatic carbocycles. The molecule has 1 N–H and O–H groups in total. The van der Waals surface area contributed by atoms with E-state index >= 15 is 0 Å². The van der Waals surface area contributed by atoms with Crippen molar-refractivity contribution >= 4 is 10.0 Å². The van der Waals surface area contributed by atoms with Gasteiger partial charge in [0.05, 0.1) is 12.0 Å². The first-order valence-corrected chi connectivity index (χ1v) is 14.1. The lowest BCUT2D eigenvalue weighted by atomic mass is 9.70. The second kappa shape index (κ2) is 12.6. The summed E-state index contributed by atoms with van der Waals surface area (Å²) in [7, 11) is -2.91. The van der Waals surface area contributed by atoms with Crippen molar-refractivity contribution in [3.8, 4) is 17.2 Å². The van der Waals surface area contributed by atoms with Crippen LogP contribution in [0, 0.1) is 0 Å². The minimum Gasteiger partial charge on any atom is -0.497 e. The van der Waals surface area contributed by atoms with E-state index in [1.807, 2.05) is 0 Å². The lowest BCUT2D eigenvalue weighted by molar-refractivity contribution is -0.275. The minimum atomic E-state index is -5.03. The van der Waals surface area contributed by atoms with E-state index < -0.39 is 46.2 Å². The fourth-order valence-corrected chi connectivity index (χ4v) is 5.77. The van der Waals surface area contributed by atoms with Crippen LogP contribution in [0.4, 0.5) is 26.3 Å². The van der Waals surface area contributed by atoms with Crippen LogP contribution < -0.4 is 18.9 Å². The molecule has 0 aliphatic carbocycles. The molecule has 6 nitrogen and oxygen atoms in total. The minimum absolute atomic E-state index is 0.0422. The van der Waals surface area contributed by atoms with Crippen molar-refractivity contribution in [1.29, 1.82) is 0 Å². The molecule has 0 spiro atoms. The molecular weight excluding hydrogens is 600 g/mol. The van der Waals surface area contributed by atoms with Gasteiger partial charge in [0.2, 0.25) is 10.0 Å². The smallest absolute Gasteiger partial charge is 0.497 e. The normalized spacial score (nSPS) is 12.5. The Bertz CT molecular complexity index is 1580. The highest BCUT2D eigenvalue weighted by Gasteiger charge is 2.39. The molecule has 43 heavy (non-hydrogen) atoms. The van der Waals surface area contributed by atoms with Crippen molar-refractivity contribution in [3.63, 3.8) is 0 Å². The van der Waals surface area contributed by atoms with E-state index in [2.05, 4.69) is 14.2 Å². The predicted octanol–water partition coefficient (Wildman–Crippen LogP) is 7.00. The Labute approximate surface area is 243 Å². The zero-order valence-electron chi connectivity index (χ0n) is 22.4. The van der Waals surface area contributed by atoms with Gasteiger partial charge in [0.1, 0.15) is 17.2 Å². The molecule has 228 valence electrons. The summed E-state index contributed by atoms with van der Waals surface area (Å²) < 4.78 is 122. The quantitative estimate of drug-likeness (QED) is 0.182. The van der Waals surface area contributed by atoms with Crippen LogP contribution in [0.25, 0.3) is 0 Å². The first kappa shape index (κ1) is 31.7. The summed E-state index contributed by atoms with van der Waals surface area (Å²) in [5, 5.41) is 0. The van der Waals surface area contributed by atoms with Crippen molar-refractivity contribution in [1.82, 2.24) is 4.72 Å². The molecule has 0 radical (unpaired) electrons. The summed E-state index contributed by atoms with van der Waals surface area (Å²) in [5.41, 5.74) is -0.679. The number of nitrogens with one attached hydrogen (secondary N) is 1. The molecule has 0 aliphatic heterocycles. The first-order valence-electron chi connectivity index (χ1n) is 12.6.